The van der Waals surface area contributed by atoms with Gasteiger partial charge < -0.3 is 14.6 Å². The van der Waals surface area contributed by atoms with Gasteiger partial charge in [0.25, 0.3) is 0 Å². The van der Waals surface area contributed by atoms with Gasteiger partial charge in [0.1, 0.15) is 0 Å². The number of rotatable bonds is 10. The van der Waals surface area contributed by atoms with Gasteiger partial charge in [-0.2, -0.15) is 24.9 Å². The molecule has 1 atom stereocenters. The second-order valence-electron chi connectivity index (χ2n) is 3.49. The van der Waals surface area contributed by atoms with E-state index in [1.165, 1.54) is 0 Å². The van der Waals surface area contributed by atoms with E-state index in [0.29, 0.717) is 32.0 Å². The third-order valence-electron chi connectivity index (χ3n) is 1.87. The van der Waals surface area contributed by atoms with E-state index in [2.05, 4.69) is 0 Å². The van der Waals surface area contributed by atoms with Crippen molar-refractivity contribution in [2.24, 2.45) is 0 Å². The van der Waals surface area contributed by atoms with Gasteiger partial charge in [0.05, 0.1) is 25.7 Å². The Morgan fingerprint density at radius 1 is 1.24 bits per heavy atom. The standard InChI is InChI=1S/C10H19F3O3S/c1-15-5-6-16-4-2-9(14)8-17-7-3-10(11,12)13/h9,14H,2-8H2,1H3. The zero-order valence-corrected chi connectivity index (χ0v) is 10.6. The summed E-state index contributed by atoms with van der Waals surface area (Å²) in [7, 11) is 1.56. The van der Waals surface area contributed by atoms with E-state index in [-0.39, 0.29) is 5.75 Å². The van der Waals surface area contributed by atoms with Crippen LogP contribution in [0.4, 0.5) is 13.2 Å². The van der Waals surface area contributed by atoms with Crippen molar-refractivity contribution in [3.63, 3.8) is 0 Å². The Labute approximate surface area is 104 Å². The van der Waals surface area contributed by atoms with Crippen LogP contribution in [-0.4, -0.2) is 55.8 Å². The molecule has 0 aliphatic heterocycles. The van der Waals surface area contributed by atoms with E-state index in [9.17, 15) is 18.3 Å². The van der Waals surface area contributed by atoms with Gasteiger partial charge in [-0.15, -0.1) is 0 Å². The van der Waals surface area contributed by atoms with Crippen LogP contribution in [0.25, 0.3) is 0 Å². The molecule has 3 nitrogen and oxygen atoms in total. The molecule has 1 N–H and O–H groups in total. The minimum Gasteiger partial charge on any atom is -0.392 e. The van der Waals surface area contributed by atoms with Crippen molar-refractivity contribution in [3.8, 4) is 0 Å². The highest BCUT2D eigenvalue weighted by Crippen LogP contribution is 2.22. The molecule has 0 amide bonds. The molecule has 0 saturated heterocycles. The van der Waals surface area contributed by atoms with Crippen LogP contribution in [0, 0.1) is 0 Å². The maximum absolute atomic E-state index is 11.8. The Balaban J connectivity index is 3.26. The van der Waals surface area contributed by atoms with Crippen molar-refractivity contribution in [1.82, 2.24) is 0 Å². The molecule has 0 spiro atoms. The molecule has 0 aliphatic carbocycles. The summed E-state index contributed by atoms with van der Waals surface area (Å²) in [6.45, 7) is 1.35. The summed E-state index contributed by atoms with van der Waals surface area (Å²) in [6, 6.07) is 0. The van der Waals surface area contributed by atoms with Crippen molar-refractivity contribution in [3.05, 3.63) is 0 Å². The largest absolute Gasteiger partial charge is 0.392 e. The molecule has 0 saturated carbocycles. The summed E-state index contributed by atoms with van der Waals surface area (Å²) in [4.78, 5) is 0. The second-order valence-corrected chi connectivity index (χ2v) is 4.64. The molecule has 7 heteroatoms. The highest BCUT2D eigenvalue weighted by Gasteiger charge is 2.26. The molecule has 17 heavy (non-hydrogen) atoms. The van der Waals surface area contributed by atoms with Crippen LogP contribution >= 0.6 is 11.8 Å². The number of hydrogen-bond acceptors (Lipinski definition) is 4. The molecule has 0 aromatic carbocycles. The molecule has 0 aromatic rings. The Hall–Kier alpha value is 0.0200. The Kier molecular flexibility index (Phi) is 10.0. The highest BCUT2D eigenvalue weighted by atomic mass is 32.2. The molecule has 0 fully saturated rings. The second kappa shape index (κ2) is 9.99. The van der Waals surface area contributed by atoms with Crippen LogP contribution in [0.3, 0.4) is 0 Å². The average Bonchev–Trinajstić information content (AvgIpc) is 2.23. The molecule has 104 valence electrons. The maximum Gasteiger partial charge on any atom is 0.389 e. The van der Waals surface area contributed by atoms with Crippen molar-refractivity contribution < 1.29 is 27.8 Å². The average molecular weight is 276 g/mol. The summed E-state index contributed by atoms with van der Waals surface area (Å²) in [6.07, 6.45) is -5.10. The lowest BCUT2D eigenvalue weighted by atomic mass is 10.3. The van der Waals surface area contributed by atoms with Crippen LogP contribution < -0.4 is 0 Å². The quantitative estimate of drug-likeness (QED) is 0.620. The van der Waals surface area contributed by atoms with Crippen LogP contribution in [0.1, 0.15) is 12.8 Å². The van der Waals surface area contributed by atoms with Gasteiger partial charge in [-0.25, -0.2) is 0 Å². The third-order valence-corrected chi connectivity index (χ3v) is 2.98. The SMILES string of the molecule is COCCOCCC(O)CSCCC(F)(F)F. The smallest absolute Gasteiger partial charge is 0.389 e. The summed E-state index contributed by atoms with van der Waals surface area (Å²) < 4.78 is 45.3. The van der Waals surface area contributed by atoms with E-state index >= 15 is 0 Å². The van der Waals surface area contributed by atoms with Gasteiger partial charge in [0.2, 0.25) is 0 Å². The van der Waals surface area contributed by atoms with Gasteiger partial charge in [0.15, 0.2) is 0 Å². The minimum absolute atomic E-state index is 0.00884. The molecule has 0 radical (unpaired) electrons. The lowest BCUT2D eigenvalue weighted by Crippen LogP contribution is -2.16. The first kappa shape index (κ1) is 17.0. The molecule has 0 aromatic heterocycles. The summed E-state index contributed by atoms with van der Waals surface area (Å²) in [5.41, 5.74) is 0. The summed E-state index contributed by atoms with van der Waals surface area (Å²) >= 11 is 1.11. The maximum atomic E-state index is 11.8. The van der Waals surface area contributed by atoms with Gasteiger partial charge in [-0.3, -0.25) is 0 Å². The van der Waals surface area contributed by atoms with Gasteiger partial charge in [0, 0.05) is 25.2 Å². The van der Waals surface area contributed by atoms with Crippen molar-refractivity contribution >= 4 is 11.8 Å². The number of aliphatic hydroxyl groups excluding tert-OH is 1. The molecule has 0 bridgehead atoms. The summed E-state index contributed by atoms with van der Waals surface area (Å²) in [5.74, 6) is 0.300. The van der Waals surface area contributed by atoms with E-state index in [0.717, 1.165) is 11.8 Å². The molecular weight excluding hydrogens is 257 g/mol. The Morgan fingerprint density at radius 2 is 1.94 bits per heavy atom. The molecule has 0 heterocycles. The number of aliphatic hydroxyl groups is 1. The fourth-order valence-corrected chi connectivity index (χ4v) is 1.94. The Morgan fingerprint density at radius 3 is 2.53 bits per heavy atom. The lowest BCUT2D eigenvalue weighted by molar-refractivity contribution is -0.129. The summed E-state index contributed by atoms with van der Waals surface area (Å²) in [5, 5.41) is 9.42. The van der Waals surface area contributed by atoms with E-state index in [4.69, 9.17) is 9.47 Å². The van der Waals surface area contributed by atoms with Crippen LogP contribution in [0.2, 0.25) is 0 Å². The van der Waals surface area contributed by atoms with E-state index in [1.807, 2.05) is 0 Å². The lowest BCUT2D eigenvalue weighted by Gasteiger charge is -2.11. The van der Waals surface area contributed by atoms with Crippen LogP contribution in [0.15, 0.2) is 0 Å². The number of hydrogen-bond donors (Lipinski definition) is 1. The number of ether oxygens (including phenoxy) is 2. The number of alkyl halides is 3. The fourth-order valence-electron chi connectivity index (χ4n) is 0.954. The first-order chi connectivity index (χ1) is 7.95. The zero-order valence-electron chi connectivity index (χ0n) is 9.83. The monoisotopic (exact) mass is 276 g/mol. The predicted octanol–water partition coefficient (Wildman–Crippen LogP) is 2.09. The normalized spacial score (nSPS) is 13.9. The van der Waals surface area contributed by atoms with Crippen LogP contribution in [-0.2, 0) is 9.47 Å². The van der Waals surface area contributed by atoms with Crippen molar-refractivity contribution in [2.75, 3.05) is 38.4 Å². The van der Waals surface area contributed by atoms with Gasteiger partial charge in [-0.05, 0) is 6.42 Å². The number of halogens is 3. The third kappa shape index (κ3) is 14.0. The first-order valence-electron chi connectivity index (χ1n) is 5.35. The molecule has 1 unspecified atom stereocenters. The minimum atomic E-state index is -4.11. The molecule has 0 aliphatic rings. The van der Waals surface area contributed by atoms with E-state index < -0.39 is 18.7 Å². The van der Waals surface area contributed by atoms with Gasteiger partial charge >= 0.3 is 6.18 Å². The number of methoxy groups -OCH3 is 1. The van der Waals surface area contributed by atoms with E-state index in [1.54, 1.807) is 7.11 Å². The molecular formula is C10H19F3O3S. The topological polar surface area (TPSA) is 38.7 Å². The Bertz CT molecular complexity index is 179. The van der Waals surface area contributed by atoms with Crippen LogP contribution in [0.5, 0.6) is 0 Å². The van der Waals surface area contributed by atoms with Crippen molar-refractivity contribution in [2.45, 2.75) is 25.1 Å². The highest BCUT2D eigenvalue weighted by molar-refractivity contribution is 7.99. The molecule has 0 rings (SSSR count). The first-order valence-corrected chi connectivity index (χ1v) is 6.50. The number of thioether (sulfide) groups is 1. The fraction of sp³-hybridized carbons (Fsp3) is 1.00. The van der Waals surface area contributed by atoms with Crippen molar-refractivity contribution in [1.29, 1.82) is 0 Å². The zero-order chi connectivity index (χ0) is 13.1. The van der Waals surface area contributed by atoms with Gasteiger partial charge in [-0.1, -0.05) is 0 Å². The predicted molar refractivity (Wildman–Crippen MR) is 61.3 cm³/mol.